The van der Waals surface area contributed by atoms with Gasteiger partial charge in [0.25, 0.3) is 0 Å². The lowest BCUT2D eigenvalue weighted by Crippen LogP contribution is -2.19. The third-order valence-corrected chi connectivity index (χ3v) is 2.71. The number of hydrogen-bond donors (Lipinski definition) is 2. The smallest absolute Gasteiger partial charge is 0.122 e. The Labute approximate surface area is 101 Å². The highest BCUT2D eigenvalue weighted by molar-refractivity contribution is 5.39. The Kier molecular flexibility index (Phi) is 3.77. The summed E-state index contributed by atoms with van der Waals surface area (Å²) in [5, 5.41) is 17.2. The molecular formula is C13H17N3O. The highest BCUT2D eigenvalue weighted by atomic mass is 16.3. The molecule has 0 fully saturated rings. The number of benzene rings is 1. The van der Waals surface area contributed by atoms with E-state index in [1.807, 2.05) is 42.1 Å². The zero-order chi connectivity index (χ0) is 12.1. The van der Waals surface area contributed by atoms with Crippen LogP contribution in [-0.4, -0.2) is 21.4 Å². The molecule has 1 heterocycles. The largest absolute Gasteiger partial charge is 0.507 e. The Morgan fingerprint density at radius 2 is 2.24 bits per heavy atom. The van der Waals surface area contributed by atoms with Crippen LogP contribution < -0.4 is 5.32 Å². The van der Waals surface area contributed by atoms with E-state index in [0.717, 1.165) is 24.2 Å². The molecule has 0 saturated carbocycles. The Balaban J connectivity index is 1.80. The van der Waals surface area contributed by atoms with Crippen molar-refractivity contribution in [2.45, 2.75) is 20.0 Å². The second kappa shape index (κ2) is 5.50. The van der Waals surface area contributed by atoms with E-state index in [9.17, 15) is 5.11 Å². The molecule has 4 heteroatoms. The number of aryl methyl sites for hydroxylation is 1. The number of nitrogens with one attached hydrogen (secondary N) is 1. The summed E-state index contributed by atoms with van der Waals surface area (Å²) in [7, 11) is 0. The maximum absolute atomic E-state index is 9.82. The minimum atomic E-state index is 0.388. The van der Waals surface area contributed by atoms with E-state index in [0.29, 0.717) is 12.3 Å². The molecule has 0 atom stereocenters. The Bertz CT molecular complexity index is 466. The van der Waals surface area contributed by atoms with Crippen molar-refractivity contribution in [2.24, 2.45) is 0 Å². The fourth-order valence-electron chi connectivity index (χ4n) is 1.71. The van der Waals surface area contributed by atoms with Crippen LogP contribution in [0.5, 0.6) is 5.75 Å². The maximum atomic E-state index is 9.82. The average Bonchev–Trinajstić information content (AvgIpc) is 2.83. The maximum Gasteiger partial charge on any atom is 0.122 e. The third kappa shape index (κ3) is 3.07. The van der Waals surface area contributed by atoms with Crippen molar-refractivity contribution in [3.63, 3.8) is 0 Å². The summed E-state index contributed by atoms with van der Waals surface area (Å²) in [6, 6.07) is 7.71. The van der Waals surface area contributed by atoms with Gasteiger partial charge in [-0.25, -0.2) is 0 Å². The average molecular weight is 231 g/mol. The van der Waals surface area contributed by atoms with Gasteiger partial charge in [-0.3, -0.25) is 4.68 Å². The molecule has 2 N–H and O–H groups in total. The van der Waals surface area contributed by atoms with Crippen molar-refractivity contribution in [1.82, 2.24) is 15.1 Å². The molecule has 0 aliphatic heterocycles. The van der Waals surface area contributed by atoms with Crippen molar-refractivity contribution >= 4 is 0 Å². The Morgan fingerprint density at radius 3 is 3.00 bits per heavy atom. The summed E-state index contributed by atoms with van der Waals surface area (Å²) >= 11 is 0. The zero-order valence-electron chi connectivity index (χ0n) is 9.93. The number of aromatic hydroxyl groups is 1. The molecule has 4 nitrogen and oxygen atoms in total. The number of phenolic OH excluding ortho intramolecular Hbond substituents is 1. The molecule has 2 rings (SSSR count). The van der Waals surface area contributed by atoms with E-state index in [2.05, 4.69) is 10.4 Å². The predicted octanol–water partition coefficient (Wildman–Crippen LogP) is 1.69. The van der Waals surface area contributed by atoms with Gasteiger partial charge in [0, 0.05) is 31.0 Å². The second-order valence-electron chi connectivity index (χ2n) is 4.03. The number of phenols is 1. The highest BCUT2D eigenvalue weighted by Gasteiger charge is 2.02. The van der Waals surface area contributed by atoms with Gasteiger partial charge >= 0.3 is 0 Å². The first-order chi connectivity index (χ1) is 8.27. The first kappa shape index (κ1) is 11.7. The topological polar surface area (TPSA) is 50.1 Å². The fraction of sp³-hybridized carbons (Fsp3) is 0.308. The van der Waals surface area contributed by atoms with Crippen LogP contribution in [0.15, 0.2) is 36.7 Å². The van der Waals surface area contributed by atoms with Crippen LogP contribution in [0.3, 0.4) is 0 Å². The summed E-state index contributed by atoms with van der Waals surface area (Å²) < 4.78 is 1.88. The second-order valence-corrected chi connectivity index (χ2v) is 4.03. The van der Waals surface area contributed by atoms with E-state index < -0.39 is 0 Å². The van der Waals surface area contributed by atoms with Crippen LogP contribution in [0.25, 0.3) is 0 Å². The molecule has 0 spiro atoms. The van der Waals surface area contributed by atoms with Gasteiger partial charge in [0.05, 0.1) is 6.54 Å². The normalized spacial score (nSPS) is 10.6. The summed E-state index contributed by atoms with van der Waals surface area (Å²) in [4.78, 5) is 0. The van der Waals surface area contributed by atoms with Gasteiger partial charge < -0.3 is 10.4 Å². The molecule has 1 aromatic heterocycles. The summed E-state index contributed by atoms with van der Waals surface area (Å²) in [5.74, 6) is 0.388. The predicted molar refractivity (Wildman–Crippen MR) is 66.8 cm³/mol. The van der Waals surface area contributed by atoms with Gasteiger partial charge in [0.15, 0.2) is 0 Å². The van der Waals surface area contributed by atoms with Gasteiger partial charge in [-0.15, -0.1) is 0 Å². The number of rotatable bonds is 5. The summed E-state index contributed by atoms with van der Waals surface area (Å²) in [6.07, 6.45) is 3.71. The number of para-hydroxylation sites is 1. The van der Waals surface area contributed by atoms with Crippen LogP contribution in [0.2, 0.25) is 0 Å². The monoisotopic (exact) mass is 231 g/mol. The molecule has 0 aliphatic carbocycles. The SMILES string of the molecule is Cc1cccc(CNCCn2cccn2)c1O. The Morgan fingerprint density at radius 1 is 1.35 bits per heavy atom. The van der Waals surface area contributed by atoms with Crippen LogP contribution in [0.4, 0.5) is 0 Å². The molecule has 17 heavy (non-hydrogen) atoms. The van der Waals surface area contributed by atoms with Gasteiger partial charge in [0.1, 0.15) is 5.75 Å². The summed E-state index contributed by atoms with van der Waals surface area (Å²) in [5.41, 5.74) is 1.85. The van der Waals surface area contributed by atoms with Crippen LogP contribution in [0, 0.1) is 6.92 Å². The Hall–Kier alpha value is -1.81. The van der Waals surface area contributed by atoms with E-state index in [4.69, 9.17) is 0 Å². The minimum Gasteiger partial charge on any atom is -0.507 e. The molecule has 0 aliphatic rings. The minimum absolute atomic E-state index is 0.388. The van der Waals surface area contributed by atoms with Crippen molar-refractivity contribution in [1.29, 1.82) is 0 Å². The zero-order valence-corrected chi connectivity index (χ0v) is 9.93. The number of aromatic nitrogens is 2. The molecular weight excluding hydrogens is 214 g/mol. The lowest BCUT2D eigenvalue weighted by Gasteiger charge is -2.08. The highest BCUT2D eigenvalue weighted by Crippen LogP contribution is 2.20. The van der Waals surface area contributed by atoms with Gasteiger partial charge in [-0.1, -0.05) is 18.2 Å². The molecule has 0 saturated heterocycles. The molecule has 0 bridgehead atoms. The lowest BCUT2D eigenvalue weighted by atomic mass is 10.1. The van der Waals surface area contributed by atoms with Crippen molar-refractivity contribution in [2.75, 3.05) is 6.54 Å². The van der Waals surface area contributed by atoms with E-state index in [1.165, 1.54) is 0 Å². The quantitative estimate of drug-likeness (QED) is 0.770. The summed E-state index contributed by atoms with van der Waals surface area (Å²) in [6.45, 7) is 4.24. The first-order valence-electron chi connectivity index (χ1n) is 5.73. The van der Waals surface area contributed by atoms with Crippen LogP contribution in [-0.2, 0) is 13.1 Å². The standard InChI is InChI=1S/C13H17N3O/c1-11-4-2-5-12(13(11)17)10-14-7-9-16-8-3-6-15-16/h2-6,8,14,17H,7,9-10H2,1H3. The van der Waals surface area contributed by atoms with Gasteiger partial charge in [0.2, 0.25) is 0 Å². The lowest BCUT2D eigenvalue weighted by molar-refractivity contribution is 0.458. The molecule has 0 radical (unpaired) electrons. The van der Waals surface area contributed by atoms with Crippen LogP contribution in [0.1, 0.15) is 11.1 Å². The number of hydrogen-bond acceptors (Lipinski definition) is 3. The van der Waals surface area contributed by atoms with Gasteiger partial charge in [-0.2, -0.15) is 5.10 Å². The van der Waals surface area contributed by atoms with E-state index in [1.54, 1.807) is 6.20 Å². The molecule has 0 unspecified atom stereocenters. The third-order valence-electron chi connectivity index (χ3n) is 2.71. The van der Waals surface area contributed by atoms with Crippen molar-refractivity contribution in [3.8, 4) is 5.75 Å². The van der Waals surface area contributed by atoms with Gasteiger partial charge in [-0.05, 0) is 18.6 Å². The molecule has 2 aromatic rings. The molecule has 90 valence electrons. The van der Waals surface area contributed by atoms with Crippen molar-refractivity contribution in [3.05, 3.63) is 47.8 Å². The van der Waals surface area contributed by atoms with E-state index in [-0.39, 0.29) is 0 Å². The number of nitrogens with zero attached hydrogens (tertiary/aromatic N) is 2. The first-order valence-corrected chi connectivity index (χ1v) is 5.73. The molecule has 0 amide bonds. The van der Waals surface area contributed by atoms with E-state index >= 15 is 0 Å². The van der Waals surface area contributed by atoms with Crippen LogP contribution >= 0.6 is 0 Å². The fourth-order valence-corrected chi connectivity index (χ4v) is 1.71. The van der Waals surface area contributed by atoms with Crippen molar-refractivity contribution < 1.29 is 5.11 Å². The molecule has 1 aromatic carbocycles.